The van der Waals surface area contributed by atoms with Crippen LogP contribution in [-0.4, -0.2) is 9.91 Å². The highest BCUT2D eigenvalue weighted by molar-refractivity contribution is 6.08. The Labute approximate surface area is 150 Å². The van der Waals surface area contributed by atoms with Crippen molar-refractivity contribution >= 4 is 39.8 Å². The molecule has 4 nitrogen and oxygen atoms in total. The Morgan fingerprint density at radius 3 is 2.40 bits per heavy atom. The van der Waals surface area contributed by atoms with E-state index in [0.717, 1.165) is 27.7 Å². The molecule has 0 aliphatic heterocycles. The summed E-state index contributed by atoms with van der Waals surface area (Å²) >= 11 is 0. The number of nitro groups is 1. The van der Waals surface area contributed by atoms with E-state index in [1.54, 1.807) is 12.1 Å². The van der Waals surface area contributed by atoms with Crippen LogP contribution in [-0.2, 0) is 0 Å². The van der Waals surface area contributed by atoms with Crippen LogP contribution < -0.4 is 0 Å². The number of rotatable bonds is 2. The predicted molar refractivity (Wildman–Crippen MR) is 103 cm³/mol. The fourth-order valence-corrected chi connectivity index (χ4v) is 3.11. The summed E-state index contributed by atoms with van der Waals surface area (Å²) in [7, 11) is 0. The molecule has 0 N–H and O–H groups in total. The Balaban J connectivity index is 0.00000182. The number of benzene rings is 3. The standard InChI is InChI=1S/C20H14N2O2.ClH/c1-13-12-19(15-6-9-16(10-7-15)22(23)24)21-18-11-8-14-4-2-3-5-17(14)20(13)18;/h2-12H,1H3;1H. The molecule has 0 unspecified atom stereocenters. The molecule has 0 fully saturated rings. The smallest absolute Gasteiger partial charge is 0.258 e. The van der Waals surface area contributed by atoms with Gasteiger partial charge < -0.3 is 0 Å². The molecular formula is C20H15ClN2O2. The number of aromatic nitrogens is 1. The van der Waals surface area contributed by atoms with Crippen LogP contribution in [0.5, 0.6) is 0 Å². The predicted octanol–water partition coefficient (Wildman–Crippen LogP) is 5.69. The molecule has 0 aliphatic carbocycles. The number of hydrogen-bond acceptors (Lipinski definition) is 3. The average Bonchev–Trinajstić information content (AvgIpc) is 2.61. The zero-order valence-electron chi connectivity index (χ0n) is 13.5. The quantitative estimate of drug-likeness (QED) is 0.265. The van der Waals surface area contributed by atoms with Crippen LogP contribution in [0.1, 0.15) is 5.56 Å². The number of non-ortho nitro benzene ring substituents is 1. The summed E-state index contributed by atoms with van der Waals surface area (Å²) in [5.74, 6) is 0. The monoisotopic (exact) mass is 350 g/mol. The third-order valence-corrected chi connectivity index (χ3v) is 4.27. The fourth-order valence-electron chi connectivity index (χ4n) is 3.11. The summed E-state index contributed by atoms with van der Waals surface area (Å²) in [6, 6.07) is 20.9. The van der Waals surface area contributed by atoms with E-state index in [9.17, 15) is 10.1 Å². The number of halogens is 1. The van der Waals surface area contributed by atoms with Crippen molar-refractivity contribution in [2.45, 2.75) is 6.92 Å². The first kappa shape index (κ1) is 16.9. The van der Waals surface area contributed by atoms with Crippen LogP contribution >= 0.6 is 12.4 Å². The van der Waals surface area contributed by atoms with Gasteiger partial charge in [0.25, 0.3) is 5.69 Å². The van der Waals surface area contributed by atoms with E-state index >= 15 is 0 Å². The van der Waals surface area contributed by atoms with Crippen molar-refractivity contribution in [3.8, 4) is 11.3 Å². The molecule has 124 valence electrons. The molecular weight excluding hydrogens is 336 g/mol. The molecule has 0 saturated heterocycles. The second-order valence-corrected chi connectivity index (χ2v) is 5.81. The molecule has 0 radical (unpaired) electrons. The van der Waals surface area contributed by atoms with Crippen molar-refractivity contribution in [2.75, 3.05) is 0 Å². The number of aryl methyl sites for hydroxylation is 1. The van der Waals surface area contributed by atoms with Gasteiger partial charge >= 0.3 is 0 Å². The Kier molecular flexibility index (Phi) is 4.38. The number of nitro benzene ring substituents is 1. The minimum absolute atomic E-state index is 0. The maximum atomic E-state index is 10.8. The molecule has 0 saturated carbocycles. The Hall–Kier alpha value is -2.98. The molecule has 0 aliphatic rings. The van der Waals surface area contributed by atoms with E-state index in [0.29, 0.717) is 0 Å². The summed E-state index contributed by atoms with van der Waals surface area (Å²) in [5.41, 5.74) is 3.86. The lowest BCUT2D eigenvalue weighted by Crippen LogP contribution is -1.91. The fraction of sp³-hybridized carbons (Fsp3) is 0.0500. The lowest BCUT2D eigenvalue weighted by atomic mass is 9.99. The van der Waals surface area contributed by atoms with Crippen LogP contribution in [0, 0.1) is 17.0 Å². The molecule has 0 spiro atoms. The number of pyridine rings is 1. The van der Waals surface area contributed by atoms with Gasteiger partial charge in [-0.1, -0.05) is 30.3 Å². The zero-order valence-corrected chi connectivity index (χ0v) is 14.3. The largest absolute Gasteiger partial charge is 0.269 e. The Morgan fingerprint density at radius 2 is 1.68 bits per heavy atom. The van der Waals surface area contributed by atoms with Crippen molar-refractivity contribution < 1.29 is 4.92 Å². The number of nitrogens with zero attached hydrogens (tertiary/aromatic N) is 2. The highest BCUT2D eigenvalue weighted by Crippen LogP contribution is 2.30. The van der Waals surface area contributed by atoms with E-state index in [4.69, 9.17) is 4.98 Å². The van der Waals surface area contributed by atoms with E-state index < -0.39 is 4.92 Å². The summed E-state index contributed by atoms with van der Waals surface area (Å²) < 4.78 is 0. The lowest BCUT2D eigenvalue weighted by molar-refractivity contribution is -0.384. The van der Waals surface area contributed by atoms with Gasteiger partial charge in [-0.25, -0.2) is 4.98 Å². The Bertz CT molecular complexity index is 1090. The van der Waals surface area contributed by atoms with Crippen LogP contribution in [0.3, 0.4) is 0 Å². The first-order chi connectivity index (χ1) is 11.6. The zero-order chi connectivity index (χ0) is 16.7. The van der Waals surface area contributed by atoms with Crippen molar-refractivity contribution in [1.82, 2.24) is 4.98 Å². The molecule has 0 bridgehead atoms. The highest BCUT2D eigenvalue weighted by atomic mass is 35.5. The van der Waals surface area contributed by atoms with Gasteiger partial charge in [0.05, 0.1) is 16.1 Å². The molecule has 25 heavy (non-hydrogen) atoms. The van der Waals surface area contributed by atoms with Gasteiger partial charge in [-0.15, -0.1) is 12.4 Å². The second kappa shape index (κ2) is 6.49. The molecule has 1 heterocycles. The van der Waals surface area contributed by atoms with E-state index in [2.05, 4.69) is 25.1 Å². The van der Waals surface area contributed by atoms with Gasteiger partial charge in [-0.2, -0.15) is 0 Å². The molecule has 0 amide bonds. The van der Waals surface area contributed by atoms with Crippen molar-refractivity contribution in [3.63, 3.8) is 0 Å². The molecule has 3 aromatic carbocycles. The van der Waals surface area contributed by atoms with Gasteiger partial charge in [0.1, 0.15) is 0 Å². The van der Waals surface area contributed by atoms with E-state index in [1.807, 2.05) is 24.3 Å². The van der Waals surface area contributed by atoms with Gasteiger partial charge in [-0.3, -0.25) is 10.1 Å². The molecule has 4 aromatic rings. The minimum atomic E-state index is -0.394. The molecule has 1 aromatic heterocycles. The normalized spacial score (nSPS) is 10.6. The second-order valence-electron chi connectivity index (χ2n) is 5.81. The highest BCUT2D eigenvalue weighted by Gasteiger charge is 2.10. The van der Waals surface area contributed by atoms with Crippen LogP contribution in [0.25, 0.3) is 32.9 Å². The van der Waals surface area contributed by atoms with Crippen molar-refractivity contribution in [2.24, 2.45) is 0 Å². The average molecular weight is 351 g/mol. The molecule has 4 rings (SSSR count). The first-order valence-electron chi connectivity index (χ1n) is 7.67. The van der Waals surface area contributed by atoms with E-state index in [1.165, 1.54) is 22.9 Å². The van der Waals surface area contributed by atoms with E-state index in [-0.39, 0.29) is 18.1 Å². The number of fused-ring (bicyclic) bond motifs is 3. The third kappa shape index (κ3) is 2.92. The maximum Gasteiger partial charge on any atom is 0.269 e. The van der Waals surface area contributed by atoms with Crippen LogP contribution in [0.2, 0.25) is 0 Å². The Morgan fingerprint density at radius 1 is 0.960 bits per heavy atom. The topological polar surface area (TPSA) is 56.0 Å². The molecule has 5 heteroatoms. The van der Waals surface area contributed by atoms with Gasteiger partial charge in [0.2, 0.25) is 0 Å². The summed E-state index contributed by atoms with van der Waals surface area (Å²) in [6.45, 7) is 2.07. The molecule has 0 atom stereocenters. The van der Waals surface area contributed by atoms with Gasteiger partial charge in [0.15, 0.2) is 0 Å². The van der Waals surface area contributed by atoms with Crippen molar-refractivity contribution in [1.29, 1.82) is 0 Å². The minimum Gasteiger partial charge on any atom is -0.258 e. The van der Waals surface area contributed by atoms with Crippen molar-refractivity contribution in [3.05, 3.63) is 82.4 Å². The lowest BCUT2D eigenvalue weighted by Gasteiger charge is -2.09. The van der Waals surface area contributed by atoms with Crippen LogP contribution in [0.4, 0.5) is 5.69 Å². The summed E-state index contributed by atoms with van der Waals surface area (Å²) in [5, 5.41) is 14.3. The van der Waals surface area contributed by atoms with Gasteiger partial charge in [0, 0.05) is 23.1 Å². The summed E-state index contributed by atoms with van der Waals surface area (Å²) in [4.78, 5) is 15.2. The summed E-state index contributed by atoms with van der Waals surface area (Å²) in [6.07, 6.45) is 0. The SMILES string of the molecule is Cc1cc(-c2ccc([N+](=O)[O-])cc2)nc2ccc3ccccc3c12.Cl. The van der Waals surface area contributed by atoms with Gasteiger partial charge in [-0.05, 0) is 47.5 Å². The first-order valence-corrected chi connectivity index (χ1v) is 7.67. The maximum absolute atomic E-state index is 10.8. The number of hydrogen-bond donors (Lipinski definition) is 0. The third-order valence-electron chi connectivity index (χ3n) is 4.27. The van der Waals surface area contributed by atoms with Crippen LogP contribution in [0.15, 0.2) is 66.7 Å².